The third-order valence-corrected chi connectivity index (χ3v) is 33.1. The SMILES string of the molecule is CC#CCCN(C(=O)C1=C2C(=C(c3ccccc3)C1=O)c1cccc3cccc2c13)C(C)C.CC#CCCN(C(=O)C1=C2C(=C(c3ccccc3)C1=O)c1cccc3cccc2c13)C(C)C.CC#CCN(C)C(=O)C1=C2C(=C(c3ccccc3)C1=O)c1cccc3cccc2c13.CC(C)N(CC#C[Si](c1ccccc1)(c1ccccc1)C(C)C)C(=O)C1=C2C(=C(c3ccccc3)C1=O)c1cccc3cccc2c13. The van der Waals surface area contributed by atoms with Crippen molar-refractivity contribution in [2.45, 2.75) is 113 Å². The minimum absolute atomic E-state index is 0.0409. The normalized spacial score (nSPS) is 14.0. The molecule has 698 valence electrons. The van der Waals surface area contributed by atoms with Gasteiger partial charge in [0.1, 0.15) is 0 Å². The molecule has 0 heterocycles. The van der Waals surface area contributed by atoms with Crippen LogP contribution in [-0.4, -0.2) is 126 Å². The quantitative estimate of drug-likeness (QED) is 0.0416. The van der Waals surface area contributed by atoms with Gasteiger partial charge < -0.3 is 19.6 Å². The van der Waals surface area contributed by atoms with Crippen LogP contribution in [0.5, 0.6) is 0 Å². The highest BCUT2D eigenvalue weighted by Gasteiger charge is 2.50. The number of Topliss-reactive ketones (excluding diaryl/α,β-unsaturated/α-hetero) is 4. The first-order chi connectivity index (χ1) is 69.6. The second-order valence-electron chi connectivity index (χ2n) is 37.8. The number of fused-ring (bicyclic) bond motifs is 12. The van der Waals surface area contributed by atoms with Crippen LogP contribution in [0.15, 0.2) is 350 Å². The van der Waals surface area contributed by atoms with Gasteiger partial charge in [-0.15, -0.1) is 35.1 Å². The van der Waals surface area contributed by atoms with Crippen LogP contribution in [-0.2, 0) is 38.4 Å². The molecule has 0 radical (unpaired) electrons. The number of nitrogens with zero attached hydrogens (tertiary/aromatic N) is 4. The standard InChI is InChI=1S/C43H37NO2Si.2C30H25NO2.C27H19NO2/c1-29(2)44(27-16-28-47(30(3)4,33-21-10-6-11-22-33)34-23-12-7-13-24-34)43(46)41-40-36-26-15-20-31-19-14-25-35(37(31)36)39(40)38(42(41)45)32-17-8-5-9-18-32;2*1-4-5-9-18-31(19(2)3)30(33)28-27-23-17-11-15-20-14-10-16-22(24(20)23)26(27)25(29(28)32)21-12-7-6-8-13-21;1-3-4-16-28(2)27(30)25-24-20-15-9-13-17-12-8-14-19(21(17)20)23(24)22(26(25)29)18-10-6-5-7-11-18/h5-15,17-26,29-30H,27H2,1-4H3;2*6-8,10-17,19H,9,18H2,1-3H3;5-15H,16H2,1-2H3. The van der Waals surface area contributed by atoms with E-state index in [4.69, 9.17) is 0 Å². The van der Waals surface area contributed by atoms with Crippen LogP contribution >= 0.6 is 0 Å². The number of carbonyl (C=O) groups is 8. The highest BCUT2D eigenvalue weighted by Crippen LogP contribution is 2.60. The summed E-state index contributed by atoms with van der Waals surface area (Å²) in [6.07, 6.45) is 1.16. The molecule has 0 saturated carbocycles. The molecular weight excluding hydrogens is 1770 g/mol. The predicted octanol–water partition coefficient (Wildman–Crippen LogP) is 23.6. The molecule has 0 aromatic heterocycles. The van der Waals surface area contributed by atoms with Gasteiger partial charge in [-0.1, -0.05) is 353 Å². The lowest BCUT2D eigenvalue weighted by molar-refractivity contribution is -0.131. The maximum Gasteiger partial charge on any atom is 0.259 e. The number of amides is 4. The Hall–Kier alpha value is -16.9. The molecule has 13 heteroatoms. The van der Waals surface area contributed by atoms with Crippen LogP contribution in [0.2, 0.25) is 5.54 Å². The number of rotatable bonds is 20. The predicted molar refractivity (Wildman–Crippen MR) is 585 cm³/mol. The van der Waals surface area contributed by atoms with Crippen molar-refractivity contribution in [3.05, 3.63) is 417 Å². The molecule has 8 aliphatic carbocycles. The first kappa shape index (κ1) is 95.0. The van der Waals surface area contributed by atoms with Crippen molar-refractivity contribution in [2.75, 3.05) is 33.2 Å². The molecule has 0 atom stereocenters. The second-order valence-corrected chi connectivity index (χ2v) is 41.9. The van der Waals surface area contributed by atoms with Crippen LogP contribution in [0.3, 0.4) is 0 Å². The summed E-state index contributed by atoms with van der Waals surface area (Å²) in [5.41, 5.74) is 25.5. The van der Waals surface area contributed by atoms with Gasteiger partial charge in [0.2, 0.25) is 8.07 Å². The Balaban J connectivity index is 0.000000123. The molecule has 4 amide bonds. The molecule has 22 rings (SSSR count). The number of ketones is 4. The van der Waals surface area contributed by atoms with E-state index in [0.29, 0.717) is 53.8 Å². The van der Waals surface area contributed by atoms with E-state index >= 15 is 0 Å². The minimum atomic E-state index is -2.54. The van der Waals surface area contributed by atoms with Gasteiger partial charge in [-0.05, 0) is 188 Å². The first-order valence-corrected chi connectivity index (χ1v) is 51.1. The van der Waals surface area contributed by atoms with E-state index in [-0.39, 0.29) is 100 Å². The third kappa shape index (κ3) is 16.6. The Morgan fingerprint density at radius 2 is 0.497 bits per heavy atom. The van der Waals surface area contributed by atoms with Gasteiger partial charge in [0.05, 0.1) is 35.4 Å². The van der Waals surface area contributed by atoms with Crippen LogP contribution in [0.4, 0.5) is 0 Å². The zero-order chi connectivity index (χ0) is 99.8. The molecule has 0 unspecified atom stereocenters. The monoisotopic (exact) mass is 1880 g/mol. The fourth-order valence-corrected chi connectivity index (χ4v) is 25.9. The van der Waals surface area contributed by atoms with Crippen molar-refractivity contribution in [3.63, 3.8) is 0 Å². The summed E-state index contributed by atoms with van der Waals surface area (Å²) in [4.78, 5) is 119. The van der Waals surface area contributed by atoms with E-state index in [1.807, 2.05) is 254 Å². The molecule has 0 spiro atoms. The molecule has 0 N–H and O–H groups in total. The van der Waals surface area contributed by atoms with Gasteiger partial charge in [-0.3, -0.25) is 38.4 Å². The fourth-order valence-electron chi connectivity index (χ4n) is 21.9. The second kappa shape index (κ2) is 40.1. The molecule has 143 heavy (non-hydrogen) atoms. The number of hydrogen-bond donors (Lipinski definition) is 0. The Morgan fingerprint density at radius 1 is 0.259 bits per heavy atom. The summed E-state index contributed by atoms with van der Waals surface area (Å²) >= 11 is 0. The van der Waals surface area contributed by atoms with Gasteiger partial charge in [0.25, 0.3) is 23.6 Å². The number of benzene rings is 14. The smallest absolute Gasteiger partial charge is 0.259 e. The topological polar surface area (TPSA) is 150 Å². The molecule has 0 fully saturated rings. The number of likely N-dealkylation sites (N-methyl/N-ethyl adjacent to an activating group) is 1. The van der Waals surface area contributed by atoms with Crippen molar-refractivity contribution >= 4 is 175 Å². The number of carbonyl (C=O) groups excluding carboxylic acids is 8. The van der Waals surface area contributed by atoms with E-state index in [0.717, 1.165) is 154 Å². The third-order valence-electron chi connectivity index (χ3n) is 28.4. The maximum absolute atomic E-state index is 14.8. The fraction of sp³-hybridized carbons (Fsp3) is 0.169. The van der Waals surface area contributed by atoms with Crippen molar-refractivity contribution in [3.8, 4) is 47.0 Å². The lowest BCUT2D eigenvalue weighted by Gasteiger charge is -2.32. The van der Waals surface area contributed by atoms with E-state index in [1.54, 1.807) is 42.5 Å². The molecule has 12 nitrogen and oxygen atoms in total. The van der Waals surface area contributed by atoms with Gasteiger partial charge in [-0.25, -0.2) is 0 Å². The Morgan fingerprint density at radius 3 is 0.741 bits per heavy atom. The lowest BCUT2D eigenvalue weighted by atomic mass is 9.95. The Labute approximate surface area is 837 Å². The summed E-state index contributed by atoms with van der Waals surface area (Å²) in [6.45, 7) is 23.3. The molecule has 14 aromatic carbocycles. The average molecular weight is 1880 g/mol. The molecule has 14 aromatic rings. The van der Waals surface area contributed by atoms with Gasteiger partial charge in [-0.2, -0.15) is 0 Å². The van der Waals surface area contributed by atoms with Crippen LogP contribution in [0.25, 0.3) is 110 Å². The zero-order valence-electron chi connectivity index (χ0n) is 82.3. The van der Waals surface area contributed by atoms with Crippen LogP contribution in [0.1, 0.15) is 156 Å². The van der Waals surface area contributed by atoms with Crippen LogP contribution in [0, 0.1) is 47.0 Å². The number of allylic oxidation sites excluding steroid dienone is 12. The molecule has 0 aliphatic heterocycles. The molecule has 0 bridgehead atoms. The molecular formula is C130H106N4O8Si. The largest absolute Gasteiger partial charge is 0.335 e. The molecule has 8 aliphatic rings. The Kier molecular flexibility index (Phi) is 26.6. The Bertz CT molecular complexity index is 8020. The van der Waals surface area contributed by atoms with Gasteiger partial charge >= 0.3 is 0 Å². The van der Waals surface area contributed by atoms with E-state index in [1.165, 1.54) is 15.3 Å². The average Bonchev–Trinajstić information content (AvgIpc) is 1.55. The highest BCUT2D eigenvalue weighted by molar-refractivity contribution is 7.09. The zero-order valence-corrected chi connectivity index (χ0v) is 83.3. The van der Waals surface area contributed by atoms with Crippen LogP contribution < -0.4 is 10.4 Å². The van der Waals surface area contributed by atoms with Gasteiger partial charge in [0.15, 0.2) is 23.1 Å². The van der Waals surface area contributed by atoms with E-state index in [2.05, 4.69) is 176 Å². The highest BCUT2D eigenvalue weighted by atomic mass is 28.3. The van der Waals surface area contributed by atoms with Crippen molar-refractivity contribution in [1.29, 1.82) is 0 Å². The van der Waals surface area contributed by atoms with E-state index < -0.39 is 8.07 Å². The van der Waals surface area contributed by atoms with Crippen molar-refractivity contribution in [2.24, 2.45) is 0 Å². The summed E-state index contributed by atoms with van der Waals surface area (Å²) in [6, 6.07) is 109. The van der Waals surface area contributed by atoms with E-state index in [9.17, 15) is 38.4 Å². The summed E-state index contributed by atoms with van der Waals surface area (Å²) in [7, 11) is -0.854. The summed E-state index contributed by atoms with van der Waals surface area (Å²) < 4.78 is 0. The lowest BCUT2D eigenvalue weighted by Crippen LogP contribution is -2.60. The van der Waals surface area contributed by atoms with Gasteiger partial charge in [0, 0.05) is 118 Å². The molecule has 0 saturated heterocycles. The summed E-state index contributed by atoms with van der Waals surface area (Å²) in [5.74, 6) is 19.4. The first-order valence-electron chi connectivity index (χ1n) is 49.0. The van der Waals surface area contributed by atoms with Crippen molar-refractivity contribution in [1.82, 2.24) is 19.6 Å². The number of hydrogen-bond acceptors (Lipinski definition) is 8. The summed E-state index contributed by atoms with van der Waals surface area (Å²) in [5, 5.41) is 11.4. The minimum Gasteiger partial charge on any atom is -0.335 e. The maximum atomic E-state index is 14.8. The van der Waals surface area contributed by atoms with Crippen molar-refractivity contribution < 1.29 is 38.4 Å².